The van der Waals surface area contributed by atoms with E-state index < -0.39 is 5.82 Å². The third-order valence-corrected chi connectivity index (χ3v) is 3.48. The van der Waals surface area contributed by atoms with Crippen molar-refractivity contribution in [3.05, 3.63) is 53.3 Å². The average molecular weight is 318 g/mol. The second-order valence-corrected chi connectivity index (χ2v) is 5.03. The Hall–Kier alpha value is -2.53. The van der Waals surface area contributed by atoms with E-state index in [9.17, 15) is 9.50 Å². The number of rotatable bonds is 3. The molecule has 3 aromatic rings. The zero-order valence-corrected chi connectivity index (χ0v) is 12.3. The van der Waals surface area contributed by atoms with Gasteiger partial charge in [-0.15, -0.1) is 0 Å². The van der Waals surface area contributed by atoms with E-state index >= 15 is 0 Å². The van der Waals surface area contributed by atoms with E-state index in [1.54, 1.807) is 30.3 Å². The number of anilines is 2. The summed E-state index contributed by atoms with van der Waals surface area (Å²) in [5, 5.41) is 15.3. The summed E-state index contributed by atoms with van der Waals surface area (Å²) in [5.74, 6) is -0.0996. The molecule has 3 rings (SSSR count). The summed E-state index contributed by atoms with van der Waals surface area (Å²) in [6.45, 7) is 0. The van der Waals surface area contributed by atoms with Gasteiger partial charge < -0.3 is 10.1 Å². The van der Waals surface area contributed by atoms with Crippen LogP contribution < -0.4 is 10.1 Å². The molecule has 1 radical (unpaired) electrons. The van der Waals surface area contributed by atoms with Crippen LogP contribution in [0.25, 0.3) is 10.9 Å². The molecule has 2 aromatic carbocycles. The van der Waals surface area contributed by atoms with Gasteiger partial charge in [0.1, 0.15) is 5.82 Å². The van der Waals surface area contributed by atoms with E-state index in [2.05, 4.69) is 10.3 Å². The van der Waals surface area contributed by atoms with Crippen LogP contribution in [0.2, 0.25) is 5.02 Å². The molecule has 1 heterocycles. The first-order valence-corrected chi connectivity index (χ1v) is 6.83. The third-order valence-electron chi connectivity index (χ3n) is 3.19. The average Bonchev–Trinajstić information content (AvgIpc) is 2.51. The van der Waals surface area contributed by atoms with Gasteiger partial charge in [0.25, 0.3) is 0 Å². The first kappa shape index (κ1) is 14.4. The number of pyridine rings is 1. The zero-order valence-electron chi connectivity index (χ0n) is 11.6. The summed E-state index contributed by atoms with van der Waals surface area (Å²) >= 11 is 5.75. The number of hydrogen-bond acceptors (Lipinski definition) is 3. The molecule has 1 aromatic heterocycles. The molecule has 6 heteroatoms. The van der Waals surface area contributed by atoms with Gasteiger partial charge >= 0.3 is 0 Å². The SMILES string of the molecule is COc1cc2nc(Nc3cccc(Cl)c3F)ccc2cc1[O]. The third kappa shape index (κ3) is 2.63. The fraction of sp³-hybridized carbons (Fsp3) is 0.0625. The molecule has 0 spiro atoms. The Bertz CT molecular complexity index is 855. The van der Waals surface area contributed by atoms with Crippen LogP contribution in [0.5, 0.6) is 11.5 Å². The van der Waals surface area contributed by atoms with E-state index in [0.717, 1.165) is 0 Å². The van der Waals surface area contributed by atoms with Crippen molar-refractivity contribution in [3.63, 3.8) is 0 Å². The Morgan fingerprint density at radius 3 is 2.82 bits per heavy atom. The van der Waals surface area contributed by atoms with Gasteiger partial charge in [-0.05, 0) is 30.3 Å². The molecule has 4 nitrogen and oxygen atoms in total. The largest absolute Gasteiger partial charge is 0.493 e. The minimum absolute atomic E-state index is 0.0310. The highest BCUT2D eigenvalue weighted by molar-refractivity contribution is 6.31. The van der Waals surface area contributed by atoms with E-state index in [0.29, 0.717) is 16.7 Å². The summed E-state index contributed by atoms with van der Waals surface area (Å²) in [6, 6.07) is 11.1. The maximum absolute atomic E-state index is 13.9. The predicted molar refractivity (Wildman–Crippen MR) is 83.1 cm³/mol. The van der Waals surface area contributed by atoms with Gasteiger partial charge in [-0.25, -0.2) is 9.37 Å². The molecular weight excluding hydrogens is 307 g/mol. The topological polar surface area (TPSA) is 54.0 Å². The van der Waals surface area contributed by atoms with Gasteiger partial charge in [0, 0.05) is 11.5 Å². The summed E-state index contributed by atoms with van der Waals surface area (Å²) in [7, 11) is 1.42. The lowest BCUT2D eigenvalue weighted by atomic mass is 10.2. The van der Waals surface area contributed by atoms with Crippen LogP contribution in [0.15, 0.2) is 42.5 Å². The number of aromatic nitrogens is 1. The molecule has 0 bridgehead atoms. The highest BCUT2D eigenvalue weighted by Gasteiger charge is 2.10. The van der Waals surface area contributed by atoms with E-state index in [4.69, 9.17) is 16.3 Å². The number of fused-ring (bicyclic) bond motifs is 1. The summed E-state index contributed by atoms with van der Waals surface area (Å²) in [4.78, 5) is 4.35. The van der Waals surface area contributed by atoms with Crippen LogP contribution in [0.3, 0.4) is 0 Å². The van der Waals surface area contributed by atoms with Gasteiger partial charge in [-0.2, -0.15) is 0 Å². The molecule has 22 heavy (non-hydrogen) atoms. The Labute approximate surface area is 131 Å². The van der Waals surface area contributed by atoms with Crippen LogP contribution in [0.1, 0.15) is 0 Å². The van der Waals surface area contributed by atoms with Crippen molar-refractivity contribution in [2.45, 2.75) is 0 Å². The number of nitrogens with one attached hydrogen (secondary N) is 1. The molecule has 111 valence electrons. The molecular formula is C16H11ClFN2O2. The van der Waals surface area contributed by atoms with E-state index in [1.165, 1.54) is 19.2 Å². The van der Waals surface area contributed by atoms with E-state index in [-0.39, 0.29) is 22.2 Å². The number of ether oxygens (including phenoxy) is 1. The maximum Gasteiger partial charge on any atom is 0.221 e. The zero-order chi connectivity index (χ0) is 15.7. The molecule has 0 fully saturated rings. The lowest BCUT2D eigenvalue weighted by Gasteiger charge is -2.09. The number of hydrogen-bond donors (Lipinski definition) is 1. The lowest BCUT2D eigenvalue weighted by molar-refractivity contribution is 0.316. The van der Waals surface area contributed by atoms with Crippen molar-refractivity contribution < 1.29 is 14.2 Å². The predicted octanol–water partition coefficient (Wildman–Crippen LogP) is 4.92. The molecule has 0 unspecified atom stereocenters. The second-order valence-electron chi connectivity index (χ2n) is 4.62. The number of nitrogens with zero attached hydrogens (tertiary/aromatic N) is 1. The fourth-order valence-electron chi connectivity index (χ4n) is 2.10. The highest BCUT2D eigenvalue weighted by atomic mass is 35.5. The monoisotopic (exact) mass is 317 g/mol. The summed E-state index contributed by atoms with van der Waals surface area (Å²) in [6.07, 6.45) is 0. The quantitative estimate of drug-likeness (QED) is 0.745. The molecule has 0 atom stereocenters. The summed E-state index contributed by atoms with van der Waals surface area (Å²) < 4.78 is 18.9. The fourth-order valence-corrected chi connectivity index (χ4v) is 2.27. The van der Waals surface area contributed by atoms with Gasteiger partial charge in [-0.1, -0.05) is 17.7 Å². The maximum atomic E-state index is 13.9. The Kier molecular flexibility index (Phi) is 3.73. The van der Waals surface area contributed by atoms with E-state index in [1.807, 2.05) is 0 Å². The van der Waals surface area contributed by atoms with Crippen LogP contribution in [0.4, 0.5) is 15.9 Å². The minimum atomic E-state index is -0.543. The highest BCUT2D eigenvalue weighted by Crippen LogP contribution is 2.32. The molecule has 0 aliphatic carbocycles. The number of benzene rings is 2. The standard InChI is InChI=1S/C16H11ClFN2O2/c1-22-14-8-12-9(7-13(14)21)5-6-15(20-12)19-11-4-2-3-10(17)16(11)18/h2-8H,1H3,(H,19,20). The Balaban J connectivity index is 2.01. The van der Waals surface area contributed by atoms with Crippen LogP contribution >= 0.6 is 11.6 Å². The van der Waals surface area contributed by atoms with Crippen molar-refractivity contribution in [2.75, 3.05) is 12.4 Å². The normalized spacial score (nSPS) is 10.7. The molecule has 0 saturated carbocycles. The minimum Gasteiger partial charge on any atom is -0.493 e. The molecule has 1 N–H and O–H groups in total. The lowest BCUT2D eigenvalue weighted by Crippen LogP contribution is -1.97. The second kappa shape index (κ2) is 5.69. The first-order chi connectivity index (χ1) is 10.6. The van der Waals surface area contributed by atoms with Gasteiger partial charge in [0.15, 0.2) is 11.6 Å². The molecule has 0 aliphatic heterocycles. The number of halogens is 2. The van der Waals surface area contributed by atoms with Gasteiger partial charge in [-0.3, -0.25) is 5.11 Å². The van der Waals surface area contributed by atoms with Crippen molar-refractivity contribution in [1.29, 1.82) is 0 Å². The Morgan fingerprint density at radius 2 is 2.05 bits per heavy atom. The van der Waals surface area contributed by atoms with Crippen molar-refractivity contribution >= 4 is 34.0 Å². The van der Waals surface area contributed by atoms with Crippen molar-refractivity contribution in [3.8, 4) is 11.5 Å². The van der Waals surface area contributed by atoms with Crippen LogP contribution in [-0.2, 0) is 5.11 Å². The molecule has 0 saturated heterocycles. The smallest absolute Gasteiger partial charge is 0.221 e. The first-order valence-electron chi connectivity index (χ1n) is 6.45. The van der Waals surface area contributed by atoms with Crippen LogP contribution in [0, 0.1) is 5.82 Å². The van der Waals surface area contributed by atoms with Crippen molar-refractivity contribution in [2.24, 2.45) is 0 Å². The Morgan fingerprint density at radius 1 is 1.23 bits per heavy atom. The van der Waals surface area contributed by atoms with Crippen molar-refractivity contribution in [1.82, 2.24) is 4.98 Å². The molecule has 0 amide bonds. The number of methoxy groups -OCH3 is 1. The van der Waals surface area contributed by atoms with Gasteiger partial charge in [0.2, 0.25) is 5.75 Å². The van der Waals surface area contributed by atoms with Crippen LogP contribution in [-0.4, -0.2) is 12.1 Å². The molecule has 0 aliphatic rings. The summed E-state index contributed by atoms with van der Waals surface area (Å²) in [5.41, 5.74) is 0.802. The van der Waals surface area contributed by atoms with Gasteiger partial charge in [0.05, 0.1) is 23.3 Å².